The van der Waals surface area contributed by atoms with Gasteiger partial charge in [-0.1, -0.05) is 103 Å². The quantitative estimate of drug-likeness (QED) is 0.101. The third-order valence-corrected chi connectivity index (χ3v) is 5.61. The van der Waals surface area contributed by atoms with Crippen molar-refractivity contribution in [3.8, 4) is 11.5 Å². The maximum Gasteiger partial charge on any atom is 0.269 e. The summed E-state index contributed by atoms with van der Waals surface area (Å²) in [6.45, 7) is 2.89. The zero-order valence-corrected chi connectivity index (χ0v) is 19.1. The number of phenols is 1. The minimum absolute atomic E-state index is 0.104. The molecule has 1 rings (SSSR count). The molecule has 1 amide bonds. The van der Waals surface area contributed by atoms with Gasteiger partial charge in [-0.3, -0.25) is 10.2 Å². The first-order valence-corrected chi connectivity index (χ1v) is 12.2. The summed E-state index contributed by atoms with van der Waals surface area (Å²) in [4.78, 5) is 11.6. The Balaban J connectivity index is 1.90. The summed E-state index contributed by atoms with van der Waals surface area (Å²) >= 11 is 0. The molecule has 172 valence electrons. The first-order valence-electron chi connectivity index (χ1n) is 12.2. The van der Waals surface area contributed by atoms with E-state index in [1.54, 1.807) is 6.07 Å². The van der Waals surface area contributed by atoms with E-state index in [1.807, 2.05) is 5.43 Å². The molecular weight excluding hydrogens is 376 g/mol. The van der Waals surface area contributed by atoms with E-state index < -0.39 is 5.91 Å². The van der Waals surface area contributed by atoms with Gasteiger partial charge in [0.25, 0.3) is 5.91 Å². The Kier molecular flexibility index (Phi) is 15.8. The second kappa shape index (κ2) is 18.1. The number of nitrogen functional groups attached to an aromatic ring is 1. The van der Waals surface area contributed by atoms with E-state index >= 15 is 0 Å². The molecule has 4 N–H and O–H groups in total. The topological polar surface area (TPSA) is 84.6 Å². The van der Waals surface area contributed by atoms with Crippen LogP contribution in [0.2, 0.25) is 0 Å². The Hall–Kier alpha value is -1.75. The third kappa shape index (κ3) is 12.7. The van der Waals surface area contributed by atoms with Crippen molar-refractivity contribution in [2.24, 2.45) is 5.84 Å². The van der Waals surface area contributed by atoms with Crippen molar-refractivity contribution in [1.82, 2.24) is 5.43 Å². The van der Waals surface area contributed by atoms with Crippen LogP contribution in [0.5, 0.6) is 11.5 Å². The number of hydrogen-bond acceptors (Lipinski definition) is 4. The number of aromatic hydroxyl groups is 1. The average molecular weight is 421 g/mol. The van der Waals surface area contributed by atoms with E-state index in [4.69, 9.17) is 10.6 Å². The van der Waals surface area contributed by atoms with Gasteiger partial charge in [0.15, 0.2) is 0 Å². The minimum atomic E-state index is -0.527. The van der Waals surface area contributed by atoms with Gasteiger partial charge < -0.3 is 9.84 Å². The van der Waals surface area contributed by atoms with E-state index in [1.165, 1.54) is 102 Å². The van der Waals surface area contributed by atoms with Crippen molar-refractivity contribution >= 4 is 5.91 Å². The molecule has 0 aliphatic carbocycles. The number of rotatable bonds is 19. The van der Waals surface area contributed by atoms with Gasteiger partial charge >= 0.3 is 0 Å². The minimum Gasteiger partial charge on any atom is -0.507 e. The molecule has 0 fully saturated rings. The number of phenolic OH excluding ortho intramolecular Hbond substituents is 1. The lowest BCUT2D eigenvalue weighted by Gasteiger charge is -2.09. The fourth-order valence-electron chi connectivity index (χ4n) is 3.70. The number of ether oxygens (including phenoxy) is 1. The molecule has 30 heavy (non-hydrogen) atoms. The Morgan fingerprint density at radius 2 is 1.30 bits per heavy atom. The van der Waals surface area contributed by atoms with Crippen molar-refractivity contribution in [1.29, 1.82) is 0 Å². The van der Waals surface area contributed by atoms with Gasteiger partial charge in [-0.05, 0) is 24.6 Å². The van der Waals surface area contributed by atoms with Gasteiger partial charge in [-0.2, -0.15) is 0 Å². The van der Waals surface area contributed by atoms with Gasteiger partial charge in [0.1, 0.15) is 11.5 Å². The number of hydrazine groups is 1. The molecule has 0 aliphatic rings. The Labute approximate surface area is 183 Å². The van der Waals surface area contributed by atoms with Crippen molar-refractivity contribution in [2.75, 3.05) is 6.61 Å². The lowest BCUT2D eigenvalue weighted by Crippen LogP contribution is -2.30. The van der Waals surface area contributed by atoms with Crippen molar-refractivity contribution in [3.05, 3.63) is 23.8 Å². The van der Waals surface area contributed by atoms with Gasteiger partial charge in [-0.25, -0.2) is 5.84 Å². The molecule has 0 saturated heterocycles. The molecular formula is C25H44N2O3. The molecule has 0 radical (unpaired) electrons. The largest absolute Gasteiger partial charge is 0.507 e. The van der Waals surface area contributed by atoms with Crippen molar-refractivity contribution < 1.29 is 14.6 Å². The van der Waals surface area contributed by atoms with Crippen LogP contribution in [-0.4, -0.2) is 17.6 Å². The molecule has 0 aromatic heterocycles. The van der Waals surface area contributed by atoms with Gasteiger partial charge in [-0.15, -0.1) is 0 Å². The highest BCUT2D eigenvalue weighted by Crippen LogP contribution is 2.23. The molecule has 1 aromatic carbocycles. The average Bonchev–Trinajstić information content (AvgIpc) is 2.76. The summed E-state index contributed by atoms with van der Waals surface area (Å²) in [5, 5.41) is 9.68. The highest BCUT2D eigenvalue weighted by molar-refractivity contribution is 5.96. The summed E-state index contributed by atoms with van der Waals surface area (Å²) in [6, 6.07) is 4.63. The van der Waals surface area contributed by atoms with Gasteiger partial charge in [0, 0.05) is 0 Å². The normalized spacial score (nSPS) is 10.9. The lowest BCUT2D eigenvalue weighted by molar-refractivity contribution is 0.0950. The summed E-state index contributed by atoms with van der Waals surface area (Å²) in [5.41, 5.74) is 2.15. The number of unbranched alkanes of at least 4 members (excludes halogenated alkanes) is 15. The van der Waals surface area contributed by atoms with Crippen LogP contribution >= 0.6 is 0 Å². The van der Waals surface area contributed by atoms with E-state index in [0.717, 1.165) is 12.8 Å². The molecule has 1 aromatic rings. The fraction of sp³-hybridized carbons (Fsp3) is 0.720. The number of carbonyl (C=O) groups excluding carboxylic acids is 1. The van der Waals surface area contributed by atoms with Crippen LogP contribution in [0.3, 0.4) is 0 Å². The number of benzene rings is 1. The van der Waals surface area contributed by atoms with Gasteiger partial charge in [0.05, 0.1) is 12.2 Å². The van der Waals surface area contributed by atoms with Crippen molar-refractivity contribution in [3.63, 3.8) is 0 Å². The van der Waals surface area contributed by atoms with E-state index in [2.05, 4.69) is 6.92 Å². The smallest absolute Gasteiger partial charge is 0.269 e. The number of amides is 1. The van der Waals surface area contributed by atoms with Crippen LogP contribution < -0.4 is 16.0 Å². The molecule has 0 heterocycles. The number of nitrogens with one attached hydrogen (secondary N) is 1. The fourth-order valence-corrected chi connectivity index (χ4v) is 3.70. The summed E-state index contributed by atoms with van der Waals surface area (Å²) in [7, 11) is 0. The summed E-state index contributed by atoms with van der Waals surface area (Å²) in [6.07, 6.45) is 21.5. The monoisotopic (exact) mass is 420 g/mol. The van der Waals surface area contributed by atoms with Crippen LogP contribution in [0, 0.1) is 0 Å². The maximum absolute atomic E-state index is 11.6. The van der Waals surface area contributed by atoms with E-state index in [9.17, 15) is 9.90 Å². The van der Waals surface area contributed by atoms with Crippen LogP contribution in [-0.2, 0) is 0 Å². The Morgan fingerprint density at radius 3 is 1.77 bits per heavy atom. The first kappa shape index (κ1) is 26.3. The van der Waals surface area contributed by atoms with Crippen LogP contribution in [0.1, 0.15) is 120 Å². The van der Waals surface area contributed by atoms with Crippen LogP contribution in [0.25, 0.3) is 0 Å². The molecule has 0 saturated carbocycles. The second-order valence-corrected chi connectivity index (χ2v) is 8.30. The van der Waals surface area contributed by atoms with Crippen LogP contribution in [0.4, 0.5) is 0 Å². The summed E-state index contributed by atoms with van der Waals surface area (Å²) < 4.78 is 5.68. The lowest BCUT2D eigenvalue weighted by atomic mass is 10.0. The highest BCUT2D eigenvalue weighted by atomic mass is 16.5. The molecule has 5 heteroatoms. The van der Waals surface area contributed by atoms with Crippen LogP contribution in [0.15, 0.2) is 18.2 Å². The zero-order chi connectivity index (χ0) is 21.9. The Bertz CT molecular complexity index is 563. The number of carbonyl (C=O) groups is 1. The zero-order valence-electron chi connectivity index (χ0n) is 19.1. The molecule has 0 bridgehead atoms. The highest BCUT2D eigenvalue weighted by Gasteiger charge is 2.11. The molecule has 0 aliphatic heterocycles. The van der Waals surface area contributed by atoms with E-state index in [0.29, 0.717) is 12.4 Å². The standard InChI is InChI=1S/C25H44N2O3/c1-2-3-4-5-6-7-8-9-10-11-12-13-14-15-16-17-20-30-22-18-19-24(28)23(21-22)25(29)27-26/h18-19,21,28H,2-17,20,26H2,1H3,(H,27,29). The predicted molar refractivity (Wildman–Crippen MR) is 125 cm³/mol. The van der Waals surface area contributed by atoms with Gasteiger partial charge in [0.2, 0.25) is 0 Å². The Morgan fingerprint density at radius 1 is 0.833 bits per heavy atom. The maximum atomic E-state index is 11.6. The SMILES string of the molecule is CCCCCCCCCCCCCCCCCCOc1ccc(O)c(C(=O)NN)c1. The molecule has 0 unspecified atom stereocenters. The molecule has 0 spiro atoms. The molecule has 5 nitrogen and oxygen atoms in total. The van der Waals surface area contributed by atoms with Crippen molar-refractivity contribution in [2.45, 2.75) is 110 Å². The first-order chi connectivity index (χ1) is 14.7. The van der Waals surface area contributed by atoms with E-state index in [-0.39, 0.29) is 11.3 Å². The second-order valence-electron chi connectivity index (χ2n) is 8.30. The predicted octanol–water partition coefficient (Wildman–Crippen LogP) is 6.64. The number of nitrogens with two attached hydrogens (primary N) is 1. The molecule has 0 atom stereocenters. The third-order valence-electron chi connectivity index (χ3n) is 5.61. The number of hydrogen-bond donors (Lipinski definition) is 3. The summed E-state index contributed by atoms with van der Waals surface area (Å²) in [5.74, 6) is 5.06.